The number of carbonyl (C=O) groups excluding carboxylic acids is 1. The van der Waals surface area contributed by atoms with Crippen LogP contribution in [0, 0.1) is 0 Å². The van der Waals surface area contributed by atoms with Crippen molar-refractivity contribution < 1.29 is 35.9 Å². The van der Waals surface area contributed by atoms with Crippen LogP contribution < -0.4 is 15.4 Å². The summed E-state index contributed by atoms with van der Waals surface area (Å²) < 4.78 is 83.4. The van der Waals surface area contributed by atoms with Gasteiger partial charge in [0.05, 0.1) is 11.1 Å². The molecule has 2 amide bonds. The molecule has 1 heterocycles. The van der Waals surface area contributed by atoms with Crippen molar-refractivity contribution in [1.29, 1.82) is 0 Å². The Balaban J connectivity index is 1.61. The second kappa shape index (κ2) is 9.80. The van der Waals surface area contributed by atoms with Gasteiger partial charge in [0.25, 0.3) is 0 Å². The van der Waals surface area contributed by atoms with Crippen molar-refractivity contribution in [2.75, 3.05) is 5.32 Å². The molecule has 0 spiro atoms. The number of halogens is 6. The normalized spacial score (nSPS) is 11.7. The van der Waals surface area contributed by atoms with Crippen LogP contribution in [0.25, 0.3) is 0 Å². The molecule has 2 aromatic carbocycles. The molecule has 0 saturated heterocycles. The number of aromatic nitrogens is 1. The number of amides is 2. The van der Waals surface area contributed by atoms with Crippen molar-refractivity contribution in [3.05, 3.63) is 89.2 Å². The highest BCUT2D eigenvalue weighted by molar-refractivity contribution is 5.89. The first kappa shape index (κ1) is 23.9. The van der Waals surface area contributed by atoms with E-state index >= 15 is 0 Å². The van der Waals surface area contributed by atoms with Crippen molar-refractivity contribution in [3.63, 3.8) is 0 Å². The molecule has 0 saturated carbocycles. The topological polar surface area (TPSA) is 63.2 Å². The number of rotatable bonds is 6. The lowest BCUT2D eigenvalue weighted by Crippen LogP contribution is -2.28. The molecule has 0 aliphatic heterocycles. The Morgan fingerprint density at radius 3 is 2.27 bits per heavy atom. The van der Waals surface area contributed by atoms with Gasteiger partial charge in [0.2, 0.25) is 0 Å². The Morgan fingerprint density at radius 1 is 0.939 bits per heavy atom. The van der Waals surface area contributed by atoms with Crippen molar-refractivity contribution in [2.24, 2.45) is 0 Å². The highest BCUT2D eigenvalue weighted by Gasteiger charge is 2.37. The second-order valence-corrected chi connectivity index (χ2v) is 6.85. The minimum Gasteiger partial charge on any atom is -0.489 e. The number of hydrogen-bond acceptors (Lipinski definition) is 3. The first-order valence-corrected chi connectivity index (χ1v) is 9.46. The number of anilines is 1. The zero-order valence-electron chi connectivity index (χ0n) is 16.8. The summed E-state index contributed by atoms with van der Waals surface area (Å²) in [6.45, 7) is -0.476. The van der Waals surface area contributed by atoms with E-state index in [4.69, 9.17) is 4.74 Å². The zero-order chi connectivity index (χ0) is 24.1. The van der Waals surface area contributed by atoms with Crippen molar-refractivity contribution in [2.45, 2.75) is 25.5 Å². The zero-order valence-corrected chi connectivity index (χ0v) is 16.8. The van der Waals surface area contributed by atoms with Gasteiger partial charge in [0, 0.05) is 30.2 Å². The SMILES string of the molecule is O=C(NCc1cccnc1)Nc1ccc(OCc2cc(C(F)(F)F)ccc2C(F)(F)F)cc1. The van der Waals surface area contributed by atoms with Crippen LogP contribution in [-0.2, 0) is 25.5 Å². The van der Waals surface area contributed by atoms with E-state index in [1.165, 1.54) is 24.3 Å². The molecule has 5 nitrogen and oxygen atoms in total. The molecule has 33 heavy (non-hydrogen) atoms. The fourth-order valence-electron chi connectivity index (χ4n) is 2.82. The molecule has 0 aliphatic carbocycles. The molecule has 0 fully saturated rings. The first-order chi connectivity index (χ1) is 15.5. The minimum absolute atomic E-state index is 0.113. The fourth-order valence-corrected chi connectivity index (χ4v) is 2.82. The number of urea groups is 1. The largest absolute Gasteiger partial charge is 0.489 e. The van der Waals surface area contributed by atoms with Gasteiger partial charge in [-0.3, -0.25) is 4.98 Å². The lowest BCUT2D eigenvalue weighted by atomic mass is 10.0. The molecule has 2 N–H and O–H groups in total. The molecule has 0 bridgehead atoms. The van der Waals surface area contributed by atoms with Crippen molar-refractivity contribution in [3.8, 4) is 5.75 Å². The number of nitrogens with one attached hydrogen (secondary N) is 2. The number of carbonyl (C=O) groups is 1. The molecule has 0 radical (unpaired) electrons. The molecule has 3 rings (SSSR count). The van der Waals surface area contributed by atoms with Crippen LogP contribution in [0.4, 0.5) is 36.8 Å². The smallest absolute Gasteiger partial charge is 0.416 e. The van der Waals surface area contributed by atoms with Crippen LogP contribution in [0.15, 0.2) is 67.0 Å². The van der Waals surface area contributed by atoms with E-state index in [0.717, 1.165) is 5.56 Å². The third-order valence-electron chi connectivity index (χ3n) is 4.42. The van der Waals surface area contributed by atoms with Gasteiger partial charge in [-0.15, -0.1) is 0 Å². The molecular weight excluding hydrogens is 452 g/mol. The molecule has 0 aliphatic rings. The van der Waals surface area contributed by atoms with Crippen LogP contribution in [-0.4, -0.2) is 11.0 Å². The highest BCUT2D eigenvalue weighted by atomic mass is 19.4. The summed E-state index contributed by atoms with van der Waals surface area (Å²) in [4.78, 5) is 15.9. The Bertz CT molecular complexity index is 1080. The van der Waals surface area contributed by atoms with E-state index in [0.29, 0.717) is 23.9 Å². The number of nitrogens with zero attached hydrogens (tertiary/aromatic N) is 1. The summed E-state index contributed by atoms with van der Waals surface area (Å²) in [5, 5.41) is 5.19. The van der Waals surface area contributed by atoms with E-state index in [9.17, 15) is 31.1 Å². The average Bonchev–Trinajstić information content (AvgIpc) is 2.76. The van der Waals surface area contributed by atoms with Crippen molar-refractivity contribution in [1.82, 2.24) is 10.3 Å². The first-order valence-electron chi connectivity index (χ1n) is 9.46. The molecule has 0 atom stereocenters. The molecule has 11 heteroatoms. The Morgan fingerprint density at radius 2 is 1.67 bits per heavy atom. The quantitative estimate of drug-likeness (QED) is 0.434. The van der Waals surface area contributed by atoms with E-state index in [1.54, 1.807) is 24.5 Å². The average molecular weight is 469 g/mol. The van der Waals surface area contributed by atoms with Crippen molar-refractivity contribution >= 4 is 11.7 Å². The third-order valence-corrected chi connectivity index (χ3v) is 4.42. The standard InChI is InChI=1S/C22H17F6N3O2/c23-21(24,25)16-3-8-19(22(26,27)28)15(10-16)13-33-18-6-4-17(5-7-18)31-20(32)30-12-14-2-1-9-29-11-14/h1-11H,12-13H2,(H2,30,31,32). The summed E-state index contributed by atoms with van der Waals surface area (Å²) in [6.07, 6.45) is -6.42. The van der Waals surface area contributed by atoms with Gasteiger partial charge in [-0.2, -0.15) is 26.3 Å². The van der Waals surface area contributed by atoms with Gasteiger partial charge in [-0.25, -0.2) is 4.79 Å². The van der Waals surface area contributed by atoms with Crippen LogP contribution in [0.1, 0.15) is 22.3 Å². The Labute approximate surface area is 184 Å². The van der Waals surface area contributed by atoms with Gasteiger partial charge in [-0.1, -0.05) is 6.07 Å². The lowest BCUT2D eigenvalue weighted by molar-refractivity contribution is -0.142. The fraction of sp³-hybridized carbons (Fsp3) is 0.182. The monoisotopic (exact) mass is 469 g/mol. The Hall–Kier alpha value is -3.76. The van der Waals surface area contributed by atoms with E-state index in [2.05, 4.69) is 15.6 Å². The third kappa shape index (κ3) is 6.86. The van der Waals surface area contributed by atoms with E-state index in [1.807, 2.05) is 0 Å². The van der Waals surface area contributed by atoms with E-state index < -0.39 is 41.7 Å². The van der Waals surface area contributed by atoms with Crippen LogP contribution in [0.3, 0.4) is 0 Å². The van der Waals surface area contributed by atoms with Crippen LogP contribution >= 0.6 is 0 Å². The number of ether oxygens (including phenoxy) is 1. The number of benzene rings is 2. The maximum atomic E-state index is 13.2. The number of alkyl halides is 6. The van der Waals surface area contributed by atoms with Gasteiger partial charge in [0.1, 0.15) is 12.4 Å². The van der Waals surface area contributed by atoms with Gasteiger partial charge >= 0.3 is 18.4 Å². The molecule has 0 unspecified atom stereocenters. The van der Waals surface area contributed by atoms with Gasteiger partial charge < -0.3 is 15.4 Å². The van der Waals surface area contributed by atoms with E-state index in [-0.39, 0.29) is 12.3 Å². The van der Waals surface area contributed by atoms with Crippen LogP contribution in [0.5, 0.6) is 5.75 Å². The van der Waals surface area contributed by atoms with Gasteiger partial charge in [-0.05, 0) is 54.1 Å². The maximum Gasteiger partial charge on any atom is 0.416 e. The summed E-state index contributed by atoms with van der Waals surface area (Å²) in [5.41, 5.74) is -1.88. The predicted octanol–water partition coefficient (Wildman–Crippen LogP) is 6.02. The molecule has 174 valence electrons. The van der Waals surface area contributed by atoms with Gasteiger partial charge in [0.15, 0.2) is 0 Å². The second-order valence-electron chi connectivity index (χ2n) is 6.85. The minimum atomic E-state index is -4.83. The summed E-state index contributed by atoms with van der Waals surface area (Å²) in [7, 11) is 0. The molecule has 1 aromatic heterocycles. The summed E-state index contributed by atoms with van der Waals surface area (Å²) in [5.74, 6) is 0.113. The lowest BCUT2D eigenvalue weighted by Gasteiger charge is -2.16. The summed E-state index contributed by atoms with van der Waals surface area (Å²) in [6, 6.07) is 9.83. The Kier molecular flexibility index (Phi) is 7.10. The summed E-state index contributed by atoms with van der Waals surface area (Å²) >= 11 is 0. The number of pyridine rings is 1. The maximum absolute atomic E-state index is 13.2. The molecular formula is C22H17F6N3O2. The highest BCUT2D eigenvalue weighted by Crippen LogP contribution is 2.37. The van der Waals surface area contributed by atoms with Crippen LogP contribution in [0.2, 0.25) is 0 Å². The molecule has 3 aromatic rings. The number of hydrogen-bond donors (Lipinski definition) is 2. The predicted molar refractivity (Wildman–Crippen MR) is 107 cm³/mol.